The van der Waals surface area contributed by atoms with Crippen molar-refractivity contribution in [2.24, 2.45) is 27.7 Å². The van der Waals surface area contributed by atoms with Crippen molar-refractivity contribution in [3.05, 3.63) is 132 Å². The summed E-state index contributed by atoms with van der Waals surface area (Å²) >= 11 is 0. The maximum absolute atomic E-state index is 5.26. The van der Waals surface area contributed by atoms with Gasteiger partial charge in [-0.3, -0.25) is 9.98 Å². The molecule has 0 aliphatic heterocycles. The number of hydrogen-bond acceptors (Lipinski definition) is 3. The summed E-state index contributed by atoms with van der Waals surface area (Å²) in [7, 11) is 0. The minimum Gasteiger partial charge on any atom is -0.255 e. The van der Waals surface area contributed by atoms with Crippen LogP contribution in [0.2, 0.25) is 0 Å². The smallest absolute Gasteiger partial charge is 0.0849 e. The van der Waals surface area contributed by atoms with E-state index in [1.165, 1.54) is 11.3 Å². The standard InChI is InChI=1S/C39H41N3/c1-26(2)32-20-13-21-33(27(3)4)38(32)40-28(5)36-24-15-25-37(42-36)29(6)41-39-34(30-16-9-7-10-17-30)22-14-23-35(39)31-18-11-8-12-19-31/h7-20,22-27,33H,21H2,1-6H3. The highest BCUT2D eigenvalue weighted by molar-refractivity contribution is 6.03. The third kappa shape index (κ3) is 6.41. The first kappa shape index (κ1) is 29.1. The van der Waals surface area contributed by atoms with Gasteiger partial charge in [0.2, 0.25) is 0 Å². The van der Waals surface area contributed by atoms with Gasteiger partial charge < -0.3 is 0 Å². The van der Waals surface area contributed by atoms with Gasteiger partial charge in [-0.1, -0.05) is 125 Å². The predicted octanol–water partition coefficient (Wildman–Crippen LogP) is 10.5. The first-order valence-corrected chi connectivity index (χ1v) is 15.1. The van der Waals surface area contributed by atoms with E-state index in [1.807, 2.05) is 18.2 Å². The Bertz CT molecular complexity index is 1600. The van der Waals surface area contributed by atoms with Crippen molar-refractivity contribution < 1.29 is 0 Å². The second kappa shape index (κ2) is 13.1. The molecule has 4 aromatic rings. The third-order valence-corrected chi connectivity index (χ3v) is 8.02. The molecule has 1 unspecified atom stereocenters. The Morgan fingerprint density at radius 2 is 1.19 bits per heavy atom. The molecule has 0 fully saturated rings. The molecular weight excluding hydrogens is 510 g/mol. The van der Waals surface area contributed by atoms with Crippen LogP contribution in [-0.4, -0.2) is 16.4 Å². The van der Waals surface area contributed by atoms with Gasteiger partial charge in [-0.25, -0.2) is 4.98 Å². The maximum Gasteiger partial charge on any atom is 0.0849 e. The van der Waals surface area contributed by atoms with Gasteiger partial charge in [0.1, 0.15) is 0 Å². The number of allylic oxidation sites excluding steroid dienone is 4. The number of benzene rings is 3. The van der Waals surface area contributed by atoms with Crippen molar-refractivity contribution in [1.29, 1.82) is 0 Å². The second-order valence-electron chi connectivity index (χ2n) is 11.7. The number of aromatic nitrogens is 1. The summed E-state index contributed by atoms with van der Waals surface area (Å²) < 4.78 is 0. The van der Waals surface area contributed by atoms with Crippen molar-refractivity contribution >= 4 is 17.1 Å². The Morgan fingerprint density at radius 1 is 0.667 bits per heavy atom. The lowest BCUT2D eigenvalue weighted by Gasteiger charge is -2.27. The van der Waals surface area contributed by atoms with E-state index in [9.17, 15) is 0 Å². The number of para-hydroxylation sites is 1. The van der Waals surface area contributed by atoms with Gasteiger partial charge in [0, 0.05) is 22.7 Å². The molecule has 0 spiro atoms. The van der Waals surface area contributed by atoms with Gasteiger partial charge in [-0.2, -0.15) is 0 Å². The third-order valence-electron chi connectivity index (χ3n) is 8.02. The van der Waals surface area contributed by atoms with Crippen LogP contribution in [0.1, 0.15) is 59.4 Å². The molecule has 42 heavy (non-hydrogen) atoms. The van der Waals surface area contributed by atoms with Crippen LogP contribution < -0.4 is 0 Å². The fourth-order valence-electron chi connectivity index (χ4n) is 5.64. The molecule has 3 heteroatoms. The first-order valence-electron chi connectivity index (χ1n) is 15.1. The Kier molecular flexibility index (Phi) is 9.07. The molecule has 0 N–H and O–H groups in total. The monoisotopic (exact) mass is 551 g/mol. The fraction of sp³-hybridized carbons (Fsp3) is 0.256. The molecule has 5 rings (SSSR count). The largest absolute Gasteiger partial charge is 0.255 e. The number of aliphatic imine (C=N–C) groups is 2. The van der Waals surface area contributed by atoms with E-state index in [-0.39, 0.29) is 0 Å². The van der Waals surface area contributed by atoms with Crippen molar-refractivity contribution in [3.63, 3.8) is 0 Å². The molecule has 1 atom stereocenters. The maximum atomic E-state index is 5.26. The topological polar surface area (TPSA) is 37.6 Å². The molecule has 0 saturated heterocycles. The minimum absolute atomic E-state index is 0.416. The van der Waals surface area contributed by atoms with Crippen LogP contribution in [0.5, 0.6) is 0 Å². The summed E-state index contributed by atoms with van der Waals surface area (Å²) in [6, 6.07) is 33.5. The second-order valence-corrected chi connectivity index (χ2v) is 11.7. The Hall–Kier alpha value is -4.37. The van der Waals surface area contributed by atoms with Gasteiger partial charge >= 0.3 is 0 Å². The van der Waals surface area contributed by atoms with Crippen LogP contribution in [0.25, 0.3) is 22.3 Å². The van der Waals surface area contributed by atoms with Crippen molar-refractivity contribution in [3.8, 4) is 22.3 Å². The molecule has 1 aliphatic rings. The van der Waals surface area contributed by atoms with Crippen LogP contribution in [0.3, 0.4) is 0 Å². The van der Waals surface area contributed by atoms with Crippen LogP contribution in [0.4, 0.5) is 5.69 Å². The summed E-state index contributed by atoms with van der Waals surface area (Å²) in [6.45, 7) is 13.2. The summed E-state index contributed by atoms with van der Waals surface area (Å²) in [5.74, 6) is 1.36. The first-order chi connectivity index (χ1) is 20.3. The average molecular weight is 552 g/mol. The summed E-state index contributed by atoms with van der Waals surface area (Å²) in [5.41, 5.74) is 11.5. The van der Waals surface area contributed by atoms with Crippen LogP contribution in [-0.2, 0) is 0 Å². The zero-order valence-corrected chi connectivity index (χ0v) is 25.7. The molecule has 3 aromatic carbocycles. The Morgan fingerprint density at radius 3 is 1.71 bits per heavy atom. The lowest BCUT2D eigenvalue weighted by atomic mass is 9.81. The van der Waals surface area contributed by atoms with E-state index in [0.29, 0.717) is 17.8 Å². The molecule has 0 radical (unpaired) electrons. The van der Waals surface area contributed by atoms with Crippen LogP contribution in [0.15, 0.2) is 130 Å². The van der Waals surface area contributed by atoms with E-state index in [2.05, 4.69) is 133 Å². The normalized spacial score (nSPS) is 16.0. The summed E-state index contributed by atoms with van der Waals surface area (Å²) in [4.78, 5) is 15.6. The van der Waals surface area contributed by atoms with Gasteiger partial charge in [0.25, 0.3) is 0 Å². The number of rotatable bonds is 8. The summed E-state index contributed by atoms with van der Waals surface area (Å²) in [5, 5.41) is 0. The van der Waals surface area contributed by atoms with Gasteiger partial charge in [0.15, 0.2) is 0 Å². The fourth-order valence-corrected chi connectivity index (χ4v) is 5.64. The predicted molar refractivity (Wildman–Crippen MR) is 180 cm³/mol. The number of hydrogen-bond donors (Lipinski definition) is 0. The number of nitrogens with zero attached hydrogens (tertiary/aromatic N) is 3. The molecule has 1 aliphatic carbocycles. The molecule has 0 amide bonds. The molecule has 3 nitrogen and oxygen atoms in total. The summed E-state index contributed by atoms with van der Waals surface area (Å²) in [6.07, 6.45) is 5.61. The van der Waals surface area contributed by atoms with E-state index in [1.54, 1.807) is 0 Å². The highest BCUT2D eigenvalue weighted by Gasteiger charge is 2.24. The van der Waals surface area contributed by atoms with E-state index >= 15 is 0 Å². The Labute approximate surface area is 251 Å². The van der Waals surface area contributed by atoms with E-state index in [0.717, 1.165) is 57.2 Å². The van der Waals surface area contributed by atoms with Crippen molar-refractivity contribution in [1.82, 2.24) is 4.98 Å². The minimum atomic E-state index is 0.416. The lowest BCUT2D eigenvalue weighted by molar-refractivity contribution is 0.432. The molecule has 0 saturated carbocycles. The molecule has 212 valence electrons. The average Bonchev–Trinajstić information content (AvgIpc) is 3.02. The lowest BCUT2D eigenvalue weighted by Crippen LogP contribution is -2.17. The zero-order chi connectivity index (χ0) is 29.6. The molecular formula is C39H41N3. The molecule has 1 aromatic heterocycles. The van der Waals surface area contributed by atoms with Gasteiger partial charge in [-0.05, 0) is 60.9 Å². The van der Waals surface area contributed by atoms with Crippen molar-refractivity contribution in [2.45, 2.75) is 48.0 Å². The quantitative estimate of drug-likeness (QED) is 0.201. The van der Waals surface area contributed by atoms with Crippen LogP contribution in [0, 0.1) is 17.8 Å². The van der Waals surface area contributed by atoms with Crippen LogP contribution >= 0.6 is 0 Å². The molecule has 0 bridgehead atoms. The zero-order valence-electron chi connectivity index (χ0n) is 25.7. The Balaban J connectivity index is 1.58. The van der Waals surface area contributed by atoms with Gasteiger partial charge in [-0.15, -0.1) is 0 Å². The molecule has 1 heterocycles. The van der Waals surface area contributed by atoms with E-state index in [4.69, 9.17) is 15.0 Å². The number of pyridine rings is 1. The highest BCUT2D eigenvalue weighted by Crippen LogP contribution is 2.40. The highest BCUT2D eigenvalue weighted by atomic mass is 14.9. The van der Waals surface area contributed by atoms with E-state index < -0.39 is 0 Å². The van der Waals surface area contributed by atoms with Crippen molar-refractivity contribution in [2.75, 3.05) is 0 Å². The SMILES string of the molecule is CC(=NC1=C(C(C)C)C=CCC1C(C)C)c1cccc(C(C)=Nc2c(-c3ccccc3)cccc2-c2ccccc2)n1. The van der Waals surface area contributed by atoms with Gasteiger partial charge in [0.05, 0.1) is 28.5 Å².